The molecular formula is C15H25N3O. The zero-order valence-corrected chi connectivity index (χ0v) is 12.1. The van der Waals surface area contributed by atoms with Crippen LogP contribution in [0.3, 0.4) is 0 Å². The first kappa shape index (κ1) is 14.3. The summed E-state index contributed by atoms with van der Waals surface area (Å²) in [4.78, 5) is 6.89. The lowest BCUT2D eigenvalue weighted by molar-refractivity contribution is 0.226. The third-order valence-electron chi connectivity index (χ3n) is 3.52. The molecule has 0 bridgehead atoms. The molecule has 0 spiro atoms. The molecule has 2 rings (SSSR count). The Morgan fingerprint density at radius 1 is 1.42 bits per heavy atom. The minimum Gasteiger partial charge on any atom is -0.476 e. The molecule has 0 aromatic carbocycles. The van der Waals surface area contributed by atoms with Crippen molar-refractivity contribution in [1.82, 2.24) is 9.88 Å². The molecule has 1 aromatic heterocycles. The molecule has 1 fully saturated rings. The predicted octanol–water partition coefficient (Wildman–Crippen LogP) is 1.97. The fourth-order valence-corrected chi connectivity index (χ4v) is 2.19. The number of ether oxygens (including phenoxy) is 1. The van der Waals surface area contributed by atoms with Crippen LogP contribution in [0.15, 0.2) is 12.1 Å². The molecule has 106 valence electrons. The smallest absolute Gasteiger partial charge is 0.213 e. The summed E-state index contributed by atoms with van der Waals surface area (Å²) in [5.74, 6) is 0.718. The fraction of sp³-hybridized carbons (Fsp3) is 0.667. The van der Waals surface area contributed by atoms with E-state index in [2.05, 4.69) is 29.9 Å². The molecule has 1 aliphatic carbocycles. The summed E-state index contributed by atoms with van der Waals surface area (Å²) in [6.45, 7) is 4.35. The number of aromatic nitrogens is 1. The fourth-order valence-electron chi connectivity index (χ4n) is 2.19. The summed E-state index contributed by atoms with van der Waals surface area (Å²) in [7, 11) is 2.16. The summed E-state index contributed by atoms with van der Waals surface area (Å²) < 4.78 is 5.78. The number of nitrogens with two attached hydrogens (primary N) is 1. The average molecular weight is 263 g/mol. The van der Waals surface area contributed by atoms with Crippen molar-refractivity contribution < 1.29 is 4.74 Å². The zero-order valence-electron chi connectivity index (χ0n) is 12.1. The van der Waals surface area contributed by atoms with E-state index in [0.717, 1.165) is 42.6 Å². The van der Waals surface area contributed by atoms with Crippen molar-refractivity contribution in [2.45, 2.75) is 45.2 Å². The van der Waals surface area contributed by atoms with Crippen LogP contribution in [-0.2, 0) is 13.0 Å². The van der Waals surface area contributed by atoms with Gasteiger partial charge in [0.15, 0.2) is 0 Å². The van der Waals surface area contributed by atoms with Gasteiger partial charge in [-0.1, -0.05) is 13.3 Å². The van der Waals surface area contributed by atoms with Gasteiger partial charge >= 0.3 is 0 Å². The highest BCUT2D eigenvalue weighted by Gasteiger charge is 2.25. The molecule has 0 atom stereocenters. The SMILES string of the molecule is CCCc1cc(CN)cc(OCCN(C)C2CC2)n1. The van der Waals surface area contributed by atoms with E-state index in [-0.39, 0.29) is 0 Å². The van der Waals surface area contributed by atoms with E-state index in [1.54, 1.807) is 0 Å². The van der Waals surface area contributed by atoms with Crippen LogP contribution < -0.4 is 10.5 Å². The van der Waals surface area contributed by atoms with Gasteiger partial charge in [-0.2, -0.15) is 0 Å². The van der Waals surface area contributed by atoms with Crippen molar-refractivity contribution in [3.63, 3.8) is 0 Å². The van der Waals surface area contributed by atoms with Gasteiger partial charge in [-0.25, -0.2) is 4.98 Å². The first-order chi connectivity index (χ1) is 9.22. The van der Waals surface area contributed by atoms with E-state index in [1.165, 1.54) is 12.8 Å². The van der Waals surface area contributed by atoms with Gasteiger partial charge in [0.2, 0.25) is 5.88 Å². The first-order valence-electron chi connectivity index (χ1n) is 7.26. The average Bonchev–Trinajstić information content (AvgIpc) is 3.23. The minimum atomic E-state index is 0.539. The molecule has 0 unspecified atom stereocenters. The van der Waals surface area contributed by atoms with Crippen molar-refractivity contribution in [2.24, 2.45) is 5.73 Å². The molecule has 2 N–H and O–H groups in total. The van der Waals surface area contributed by atoms with Crippen molar-refractivity contribution in [1.29, 1.82) is 0 Å². The van der Waals surface area contributed by atoms with Crippen LogP contribution in [0.2, 0.25) is 0 Å². The molecule has 0 amide bonds. The Labute approximate surface area is 116 Å². The van der Waals surface area contributed by atoms with Crippen molar-refractivity contribution in [2.75, 3.05) is 20.2 Å². The van der Waals surface area contributed by atoms with E-state index in [0.29, 0.717) is 13.2 Å². The number of pyridine rings is 1. The van der Waals surface area contributed by atoms with Crippen LogP contribution in [-0.4, -0.2) is 36.1 Å². The second kappa shape index (κ2) is 6.87. The maximum Gasteiger partial charge on any atom is 0.213 e. The summed E-state index contributed by atoms with van der Waals surface area (Å²) in [5.41, 5.74) is 7.90. The molecule has 4 nitrogen and oxygen atoms in total. The maximum absolute atomic E-state index is 5.78. The Hall–Kier alpha value is -1.13. The van der Waals surface area contributed by atoms with Crippen molar-refractivity contribution in [3.8, 4) is 5.88 Å². The lowest BCUT2D eigenvalue weighted by Crippen LogP contribution is -2.26. The third kappa shape index (κ3) is 4.48. The van der Waals surface area contributed by atoms with Crippen LogP contribution in [0.5, 0.6) is 5.88 Å². The molecule has 1 aliphatic rings. The van der Waals surface area contributed by atoms with Gasteiger partial charge in [-0.05, 0) is 37.9 Å². The normalized spacial score (nSPS) is 14.9. The molecule has 0 aliphatic heterocycles. The largest absolute Gasteiger partial charge is 0.476 e. The Kier molecular flexibility index (Phi) is 5.16. The van der Waals surface area contributed by atoms with Gasteiger partial charge < -0.3 is 15.4 Å². The molecule has 1 saturated carbocycles. The van der Waals surface area contributed by atoms with Gasteiger partial charge in [-0.3, -0.25) is 0 Å². The second-order valence-corrected chi connectivity index (χ2v) is 5.32. The topological polar surface area (TPSA) is 51.4 Å². The minimum absolute atomic E-state index is 0.539. The zero-order chi connectivity index (χ0) is 13.7. The number of hydrogen-bond acceptors (Lipinski definition) is 4. The number of hydrogen-bond donors (Lipinski definition) is 1. The van der Waals surface area contributed by atoms with E-state index < -0.39 is 0 Å². The summed E-state index contributed by atoms with van der Waals surface area (Å²) in [5, 5.41) is 0. The molecule has 4 heteroatoms. The maximum atomic E-state index is 5.78. The van der Waals surface area contributed by atoms with Gasteiger partial charge in [0, 0.05) is 30.9 Å². The Morgan fingerprint density at radius 3 is 2.84 bits per heavy atom. The Balaban J connectivity index is 1.88. The van der Waals surface area contributed by atoms with Gasteiger partial charge in [0.05, 0.1) is 0 Å². The summed E-state index contributed by atoms with van der Waals surface area (Å²) in [6, 6.07) is 4.81. The lowest BCUT2D eigenvalue weighted by Gasteiger charge is -2.16. The van der Waals surface area contributed by atoms with E-state index >= 15 is 0 Å². The van der Waals surface area contributed by atoms with E-state index in [9.17, 15) is 0 Å². The van der Waals surface area contributed by atoms with Crippen LogP contribution in [0.25, 0.3) is 0 Å². The summed E-state index contributed by atoms with van der Waals surface area (Å²) in [6.07, 6.45) is 4.73. The molecule has 1 aromatic rings. The number of rotatable bonds is 8. The standard InChI is InChI=1S/C15H25N3O/c1-3-4-13-9-12(11-16)10-15(17-13)19-8-7-18(2)14-5-6-14/h9-10,14H,3-8,11,16H2,1-2H3. The third-order valence-corrected chi connectivity index (χ3v) is 3.52. The Morgan fingerprint density at radius 2 is 2.21 bits per heavy atom. The monoisotopic (exact) mass is 263 g/mol. The molecular weight excluding hydrogens is 238 g/mol. The van der Waals surface area contributed by atoms with Crippen molar-refractivity contribution >= 4 is 0 Å². The quantitative estimate of drug-likeness (QED) is 0.779. The highest BCUT2D eigenvalue weighted by Crippen LogP contribution is 2.24. The van der Waals surface area contributed by atoms with Gasteiger partial charge in [0.1, 0.15) is 6.61 Å². The first-order valence-corrected chi connectivity index (χ1v) is 7.26. The van der Waals surface area contributed by atoms with Gasteiger partial charge in [0.25, 0.3) is 0 Å². The summed E-state index contributed by atoms with van der Waals surface area (Å²) >= 11 is 0. The van der Waals surface area contributed by atoms with Gasteiger partial charge in [-0.15, -0.1) is 0 Å². The lowest BCUT2D eigenvalue weighted by atomic mass is 10.1. The van der Waals surface area contributed by atoms with Crippen LogP contribution in [0.1, 0.15) is 37.4 Å². The van der Waals surface area contributed by atoms with E-state index in [1.807, 2.05) is 6.07 Å². The second-order valence-electron chi connectivity index (χ2n) is 5.32. The van der Waals surface area contributed by atoms with Crippen LogP contribution in [0.4, 0.5) is 0 Å². The van der Waals surface area contributed by atoms with Crippen molar-refractivity contribution in [3.05, 3.63) is 23.4 Å². The number of nitrogens with zero attached hydrogens (tertiary/aromatic N) is 2. The Bertz CT molecular complexity index is 404. The number of aryl methyl sites for hydroxylation is 1. The highest BCUT2D eigenvalue weighted by atomic mass is 16.5. The highest BCUT2D eigenvalue weighted by molar-refractivity contribution is 5.25. The molecule has 0 radical (unpaired) electrons. The van der Waals surface area contributed by atoms with E-state index in [4.69, 9.17) is 10.5 Å². The number of likely N-dealkylation sites (N-methyl/N-ethyl adjacent to an activating group) is 1. The molecule has 19 heavy (non-hydrogen) atoms. The molecule has 1 heterocycles. The van der Waals surface area contributed by atoms with Crippen LogP contribution in [0, 0.1) is 0 Å². The van der Waals surface area contributed by atoms with Crippen LogP contribution >= 0.6 is 0 Å². The predicted molar refractivity (Wildman–Crippen MR) is 77.3 cm³/mol. The molecule has 0 saturated heterocycles.